The Bertz CT molecular complexity index is 840. The number of halogens is 2. The summed E-state index contributed by atoms with van der Waals surface area (Å²) in [5.41, 5.74) is -0.349. The van der Waals surface area contributed by atoms with E-state index in [0.29, 0.717) is 26.3 Å². The average molecular weight is 335 g/mol. The molecule has 0 unspecified atom stereocenters. The number of aromatic nitrogens is 2. The fourth-order valence-corrected chi connectivity index (χ4v) is 3.09. The molecule has 24 heavy (non-hydrogen) atoms. The van der Waals surface area contributed by atoms with Gasteiger partial charge >= 0.3 is 5.69 Å². The number of nitrogens with zero attached hydrogens (tertiary/aromatic N) is 3. The molecule has 0 aliphatic carbocycles. The lowest BCUT2D eigenvalue weighted by atomic mass is 10.2. The van der Waals surface area contributed by atoms with Crippen molar-refractivity contribution in [1.29, 1.82) is 0 Å². The average Bonchev–Trinajstić information content (AvgIpc) is 2.96. The number of rotatable bonds is 3. The number of morpholine rings is 1. The second kappa shape index (κ2) is 5.86. The SMILES string of the molecule is O=c1nc(OCc2cccc(F)c2F)cc2n1C[C@@H]1COCCN21. The second-order valence-corrected chi connectivity index (χ2v) is 5.77. The molecule has 0 radical (unpaired) electrons. The minimum Gasteiger partial charge on any atom is -0.472 e. The van der Waals surface area contributed by atoms with Crippen molar-refractivity contribution in [2.45, 2.75) is 19.2 Å². The van der Waals surface area contributed by atoms with Crippen LogP contribution in [0, 0.1) is 11.6 Å². The van der Waals surface area contributed by atoms with Gasteiger partial charge in [0.15, 0.2) is 11.6 Å². The Morgan fingerprint density at radius 2 is 2.25 bits per heavy atom. The lowest BCUT2D eigenvalue weighted by molar-refractivity contribution is 0.0956. The Labute approximate surface area is 136 Å². The zero-order valence-electron chi connectivity index (χ0n) is 12.7. The van der Waals surface area contributed by atoms with Gasteiger partial charge < -0.3 is 14.4 Å². The van der Waals surface area contributed by atoms with Gasteiger partial charge in [0.05, 0.1) is 25.8 Å². The Morgan fingerprint density at radius 1 is 1.38 bits per heavy atom. The third-order valence-electron chi connectivity index (χ3n) is 4.29. The highest BCUT2D eigenvalue weighted by Crippen LogP contribution is 2.28. The highest BCUT2D eigenvalue weighted by Gasteiger charge is 2.33. The first-order chi connectivity index (χ1) is 11.6. The fraction of sp³-hybridized carbons (Fsp3) is 0.375. The monoisotopic (exact) mass is 335 g/mol. The van der Waals surface area contributed by atoms with Crippen molar-refractivity contribution in [2.24, 2.45) is 0 Å². The summed E-state index contributed by atoms with van der Waals surface area (Å²) in [5, 5.41) is 0. The van der Waals surface area contributed by atoms with Gasteiger partial charge in [0.25, 0.3) is 0 Å². The Balaban J connectivity index is 1.58. The maximum absolute atomic E-state index is 13.7. The molecular formula is C16H15F2N3O3. The van der Waals surface area contributed by atoms with Crippen molar-refractivity contribution in [2.75, 3.05) is 24.7 Å². The van der Waals surface area contributed by atoms with Crippen LogP contribution in [0.2, 0.25) is 0 Å². The molecule has 2 aliphatic heterocycles. The third kappa shape index (κ3) is 2.52. The number of hydrogen-bond donors (Lipinski definition) is 0. The molecule has 1 aromatic heterocycles. The predicted molar refractivity (Wildman–Crippen MR) is 81.1 cm³/mol. The number of hydrogen-bond acceptors (Lipinski definition) is 5. The van der Waals surface area contributed by atoms with Crippen LogP contribution in [0.3, 0.4) is 0 Å². The van der Waals surface area contributed by atoms with Crippen molar-refractivity contribution in [1.82, 2.24) is 9.55 Å². The molecule has 1 atom stereocenters. The summed E-state index contributed by atoms with van der Waals surface area (Å²) >= 11 is 0. The van der Waals surface area contributed by atoms with Crippen LogP contribution in [0.15, 0.2) is 29.1 Å². The van der Waals surface area contributed by atoms with Crippen LogP contribution in [0.1, 0.15) is 5.56 Å². The van der Waals surface area contributed by atoms with Crippen molar-refractivity contribution >= 4 is 5.82 Å². The minimum atomic E-state index is -0.955. The molecule has 2 aliphatic rings. The first kappa shape index (κ1) is 15.1. The van der Waals surface area contributed by atoms with Gasteiger partial charge in [0.1, 0.15) is 12.4 Å². The number of ether oxygens (including phenoxy) is 2. The van der Waals surface area contributed by atoms with Crippen LogP contribution in [0.5, 0.6) is 5.88 Å². The normalized spacial score (nSPS) is 19.1. The summed E-state index contributed by atoms with van der Waals surface area (Å²) in [6.45, 7) is 2.17. The molecule has 0 spiro atoms. The van der Waals surface area contributed by atoms with Gasteiger partial charge in [-0.15, -0.1) is 0 Å². The van der Waals surface area contributed by atoms with Gasteiger partial charge in [-0.05, 0) is 6.07 Å². The number of benzene rings is 1. The topological polar surface area (TPSA) is 56.6 Å². The predicted octanol–water partition coefficient (Wildman–Crippen LogP) is 1.32. The van der Waals surface area contributed by atoms with Crippen LogP contribution in [0.25, 0.3) is 0 Å². The highest BCUT2D eigenvalue weighted by atomic mass is 19.2. The van der Waals surface area contributed by atoms with Gasteiger partial charge in [0.2, 0.25) is 5.88 Å². The highest BCUT2D eigenvalue weighted by molar-refractivity contribution is 5.47. The summed E-state index contributed by atoms with van der Waals surface area (Å²) in [4.78, 5) is 18.1. The van der Waals surface area contributed by atoms with Crippen LogP contribution in [-0.2, 0) is 17.9 Å². The van der Waals surface area contributed by atoms with Gasteiger partial charge in [0, 0.05) is 18.2 Å². The summed E-state index contributed by atoms with van der Waals surface area (Å²) < 4.78 is 39.3. The molecule has 6 nitrogen and oxygen atoms in total. The van der Waals surface area contributed by atoms with E-state index < -0.39 is 17.3 Å². The van der Waals surface area contributed by atoms with Crippen molar-refractivity contribution in [3.05, 3.63) is 51.9 Å². The molecule has 1 saturated heterocycles. The largest absolute Gasteiger partial charge is 0.472 e. The first-order valence-corrected chi connectivity index (χ1v) is 7.65. The van der Waals surface area contributed by atoms with E-state index in [1.807, 2.05) is 0 Å². The van der Waals surface area contributed by atoms with Crippen LogP contribution >= 0.6 is 0 Å². The molecule has 3 heterocycles. The molecule has 0 amide bonds. The van der Waals surface area contributed by atoms with E-state index in [2.05, 4.69) is 9.88 Å². The summed E-state index contributed by atoms with van der Waals surface area (Å²) in [6, 6.07) is 5.64. The Kier molecular flexibility index (Phi) is 3.68. The molecular weight excluding hydrogens is 320 g/mol. The lowest BCUT2D eigenvalue weighted by Gasteiger charge is -2.30. The summed E-state index contributed by atoms with van der Waals surface area (Å²) in [6.07, 6.45) is 0. The molecule has 1 aromatic carbocycles. The molecule has 1 fully saturated rings. The van der Waals surface area contributed by atoms with E-state index >= 15 is 0 Å². The second-order valence-electron chi connectivity index (χ2n) is 5.77. The fourth-order valence-electron chi connectivity index (χ4n) is 3.09. The van der Waals surface area contributed by atoms with Gasteiger partial charge in [-0.2, -0.15) is 4.98 Å². The standard InChI is InChI=1S/C16H15F2N3O3/c17-12-3-1-2-10(15(12)18)8-24-13-6-14-20-4-5-23-9-11(20)7-21(14)16(22)19-13/h1-3,6,11H,4-5,7-9H2/t11-/m1/s1. The molecule has 8 heteroatoms. The van der Waals surface area contributed by atoms with E-state index in [-0.39, 0.29) is 24.1 Å². The molecule has 0 bridgehead atoms. The Hall–Kier alpha value is -2.48. The van der Waals surface area contributed by atoms with Crippen LogP contribution < -0.4 is 15.3 Å². The smallest absolute Gasteiger partial charge is 0.352 e. The van der Waals surface area contributed by atoms with E-state index in [9.17, 15) is 13.6 Å². The molecule has 126 valence electrons. The number of anilines is 1. The van der Waals surface area contributed by atoms with Crippen molar-refractivity contribution in [3.8, 4) is 5.88 Å². The lowest BCUT2D eigenvalue weighted by Crippen LogP contribution is -2.43. The van der Waals surface area contributed by atoms with Crippen molar-refractivity contribution in [3.63, 3.8) is 0 Å². The quantitative estimate of drug-likeness (QED) is 0.847. The van der Waals surface area contributed by atoms with Crippen LogP contribution in [0.4, 0.5) is 14.6 Å². The zero-order valence-corrected chi connectivity index (χ0v) is 12.7. The minimum absolute atomic E-state index is 0.0710. The van der Waals surface area contributed by atoms with Crippen LogP contribution in [-0.4, -0.2) is 35.4 Å². The van der Waals surface area contributed by atoms with E-state index in [0.717, 1.165) is 11.9 Å². The first-order valence-electron chi connectivity index (χ1n) is 7.65. The molecule has 4 rings (SSSR count). The maximum Gasteiger partial charge on any atom is 0.352 e. The molecule has 2 aromatic rings. The van der Waals surface area contributed by atoms with E-state index in [4.69, 9.17) is 9.47 Å². The maximum atomic E-state index is 13.7. The van der Waals surface area contributed by atoms with Gasteiger partial charge in [-0.25, -0.2) is 13.6 Å². The summed E-state index contributed by atoms with van der Waals surface area (Å²) in [5.74, 6) is -1.07. The molecule has 0 N–H and O–H groups in total. The van der Waals surface area contributed by atoms with Gasteiger partial charge in [-0.3, -0.25) is 4.57 Å². The zero-order chi connectivity index (χ0) is 16.7. The van der Waals surface area contributed by atoms with E-state index in [1.54, 1.807) is 10.6 Å². The van der Waals surface area contributed by atoms with Crippen molar-refractivity contribution < 1.29 is 18.3 Å². The van der Waals surface area contributed by atoms with Gasteiger partial charge in [-0.1, -0.05) is 12.1 Å². The molecule has 0 saturated carbocycles. The Morgan fingerprint density at radius 3 is 3.12 bits per heavy atom. The summed E-state index contributed by atoms with van der Waals surface area (Å²) in [7, 11) is 0. The van der Waals surface area contributed by atoms with E-state index in [1.165, 1.54) is 12.1 Å². The third-order valence-corrected chi connectivity index (χ3v) is 4.29. The number of fused-ring (bicyclic) bond motifs is 3.